The number of nitrogens with zero attached hydrogens (tertiary/aromatic N) is 2. The lowest BCUT2D eigenvalue weighted by Gasteiger charge is -2.36. The highest BCUT2D eigenvalue weighted by atomic mass is 16.2. The van der Waals surface area contributed by atoms with Crippen molar-refractivity contribution < 1.29 is 4.79 Å². The van der Waals surface area contributed by atoms with E-state index in [0.717, 1.165) is 45.6 Å². The van der Waals surface area contributed by atoms with Crippen LogP contribution in [0, 0.1) is 13.8 Å². The van der Waals surface area contributed by atoms with Crippen LogP contribution in [0.1, 0.15) is 29.5 Å². The molecule has 2 aliphatic rings. The number of carbonyl (C=O) groups is 1. The van der Waals surface area contributed by atoms with Gasteiger partial charge in [0.2, 0.25) is 0 Å². The van der Waals surface area contributed by atoms with Crippen molar-refractivity contribution in [3.63, 3.8) is 0 Å². The Morgan fingerprint density at radius 2 is 1.76 bits per heavy atom. The third kappa shape index (κ3) is 3.38. The van der Waals surface area contributed by atoms with Crippen molar-refractivity contribution in [1.82, 2.24) is 15.1 Å². The molecule has 1 aromatic carbocycles. The van der Waals surface area contributed by atoms with Gasteiger partial charge in [0.05, 0.1) is 0 Å². The number of nitrogens with one attached hydrogen (secondary N) is 1. The first-order chi connectivity index (χ1) is 10.1. The van der Waals surface area contributed by atoms with E-state index in [-0.39, 0.29) is 6.03 Å². The minimum absolute atomic E-state index is 0.128. The van der Waals surface area contributed by atoms with Crippen molar-refractivity contribution in [1.29, 1.82) is 0 Å². The smallest absolute Gasteiger partial charge is 0.317 e. The zero-order valence-corrected chi connectivity index (χ0v) is 13.1. The lowest BCUT2D eigenvalue weighted by Crippen LogP contribution is -2.45. The molecule has 3 rings (SSSR count). The number of rotatable bonds is 3. The van der Waals surface area contributed by atoms with Gasteiger partial charge in [-0.15, -0.1) is 0 Å². The van der Waals surface area contributed by atoms with E-state index in [2.05, 4.69) is 42.3 Å². The standard InChI is InChI=1S/C17H25N3O/c1-13-9-14(2)11-15(10-13)12-19-6-3-16(4-7-19)20-8-5-18-17(20)21/h9-11,16H,3-8,12H2,1-2H3,(H,18,21). The van der Waals surface area contributed by atoms with E-state index in [1.165, 1.54) is 16.7 Å². The van der Waals surface area contributed by atoms with E-state index in [4.69, 9.17) is 0 Å². The summed E-state index contributed by atoms with van der Waals surface area (Å²) in [5.41, 5.74) is 4.09. The number of likely N-dealkylation sites (tertiary alicyclic amines) is 1. The number of hydrogen-bond donors (Lipinski definition) is 1. The summed E-state index contributed by atoms with van der Waals surface area (Å²) < 4.78 is 0. The van der Waals surface area contributed by atoms with Crippen LogP contribution >= 0.6 is 0 Å². The highest BCUT2D eigenvalue weighted by molar-refractivity contribution is 5.76. The van der Waals surface area contributed by atoms with Crippen LogP contribution in [0.4, 0.5) is 4.79 Å². The Balaban J connectivity index is 1.55. The molecule has 1 N–H and O–H groups in total. The van der Waals surface area contributed by atoms with Gasteiger partial charge in [0, 0.05) is 38.8 Å². The maximum Gasteiger partial charge on any atom is 0.317 e. The summed E-state index contributed by atoms with van der Waals surface area (Å²) in [6.07, 6.45) is 2.19. The average Bonchev–Trinajstić information content (AvgIpc) is 2.85. The zero-order chi connectivity index (χ0) is 14.8. The molecule has 2 amide bonds. The average molecular weight is 287 g/mol. The first-order valence-corrected chi connectivity index (χ1v) is 7.96. The maximum atomic E-state index is 11.7. The summed E-state index contributed by atoms with van der Waals surface area (Å²) in [6.45, 7) is 9.20. The predicted octanol–water partition coefficient (Wildman–Crippen LogP) is 2.29. The Bertz CT molecular complexity index is 501. The van der Waals surface area contributed by atoms with Gasteiger partial charge in [0.25, 0.3) is 0 Å². The van der Waals surface area contributed by atoms with Gasteiger partial charge in [-0.25, -0.2) is 4.79 Å². The summed E-state index contributed by atoms with van der Waals surface area (Å²) in [5.74, 6) is 0. The van der Waals surface area contributed by atoms with Crippen molar-refractivity contribution in [2.75, 3.05) is 26.2 Å². The van der Waals surface area contributed by atoms with Gasteiger partial charge < -0.3 is 10.2 Å². The molecule has 4 nitrogen and oxygen atoms in total. The summed E-state index contributed by atoms with van der Waals surface area (Å²) in [6, 6.07) is 7.35. The minimum atomic E-state index is 0.128. The molecule has 21 heavy (non-hydrogen) atoms. The van der Waals surface area contributed by atoms with Crippen molar-refractivity contribution >= 4 is 6.03 Å². The third-order valence-corrected chi connectivity index (χ3v) is 4.58. The van der Waals surface area contributed by atoms with Crippen LogP contribution in [0.5, 0.6) is 0 Å². The largest absolute Gasteiger partial charge is 0.336 e. The van der Waals surface area contributed by atoms with Gasteiger partial charge in [-0.3, -0.25) is 4.90 Å². The molecule has 1 aromatic rings. The zero-order valence-electron chi connectivity index (χ0n) is 13.1. The molecule has 0 unspecified atom stereocenters. The molecule has 0 spiro atoms. The molecule has 2 saturated heterocycles. The number of benzene rings is 1. The monoisotopic (exact) mass is 287 g/mol. The number of carbonyl (C=O) groups excluding carboxylic acids is 1. The van der Waals surface area contributed by atoms with Crippen LogP contribution in [0.2, 0.25) is 0 Å². The van der Waals surface area contributed by atoms with Gasteiger partial charge in [-0.2, -0.15) is 0 Å². The predicted molar refractivity (Wildman–Crippen MR) is 84.3 cm³/mol. The van der Waals surface area contributed by atoms with Gasteiger partial charge in [0.15, 0.2) is 0 Å². The molecule has 0 bridgehead atoms. The second-order valence-electron chi connectivity index (χ2n) is 6.43. The Morgan fingerprint density at radius 1 is 1.10 bits per heavy atom. The molecule has 0 radical (unpaired) electrons. The third-order valence-electron chi connectivity index (χ3n) is 4.58. The van der Waals surface area contributed by atoms with E-state index in [1.54, 1.807) is 0 Å². The van der Waals surface area contributed by atoms with Crippen LogP contribution < -0.4 is 5.32 Å². The molecule has 4 heteroatoms. The fraction of sp³-hybridized carbons (Fsp3) is 0.588. The molecule has 2 aliphatic heterocycles. The lowest BCUT2D eigenvalue weighted by atomic mass is 10.0. The Morgan fingerprint density at radius 3 is 2.33 bits per heavy atom. The van der Waals surface area contributed by atoms with Crippen LogP contribution in [0.25, 0.3) is 0 Å². The molecule has 114 valence electrons. The molecule has 2 fully saturated rings. The molecule has 0 saturated carbocycles. The number of hydrogen-bond acceptors (Lipinski definition) is 2. The van der Waals surface area contributed by atoms with E-state index >= 15 is 0 Å². The van der Waals surface area contributed by atoms with E-state index in [9.17, 15) is 4.79 Å². The first kappa shape index (κ1) is 14.4. The van der Waals surface area contributed by atoms with Gasteiger partial charge in [-0.05, 0) is 32.3 Å². The Labute approximate surface area is 127 Å². The number of urea groups is 1. The van der Waals surface area contributed by atoms with Crippen LogP contribution in [-0.4, -0.2) is 48.1 Å². The number of piperidine rings is 1. The maximum absolute atomic E-state index is 11.7. The molecular formula is C17H25N3O. The molecule has 0 aliphatic carbocycles. The first-order valence-electron chi connectivity index (χ1n) is 7.96. The molecule has 0 atom stereocenters. The van der Waals surface area contributed by atoms with E-state index in [0.29, 0.717) is 6.04 Å². The quantitative estimate of drug-likeness (QED) is 0.926. The summed E-state index contributed by atoms with van der Waals surface area (Å²) >= 11 is 0. The lowest BCUT2D eigenvalue weighted by molar-refractivity contribution is 0.132. The highest BCUT2D eigenvalue weighted by Gasteiger charge is 2.30. The fourth-order valence-corrected chi connectivity index (χ4v) is 3.64. The van der Waals surface area contributed by atoms with Crippen LogP contribution in [0.3, 0.4) is 0 Å². The minimum Gasteiger partial charge on any atom is -0.336 e. The van der Waals surface area contributed by atoms with Crippen molar-refractivity contribution in [3.8, 4) is 0 Å². The second-order valence-corrected chi connectivity index (χ2v) is 6.43. The topological polar surface area (TPSA) is 35.6 Å². The van der Waals surface area contributed by atoms with Gasteiger partial charge in [0.1, 0.15) is 0 Å². The SMILES string of the molecule is Cc1cc(C)cc(CN2CCC(N3CCNC3=O)CC2)c1. The Hall–Kier alpha value is -1.55. The van der Waals surface area contributed by atoms with Crippen LogP contribution in [-0.2, 0) is 6.54 Å². The molecular weight excluding hydrogens is 262 g/mol. The highest BCUT2D eigenvalue weighted by Crippen LogP contribution is 2.20. The van der Waals surface area contributed by atoms with E-state index < -0.39 is 0 Å². The van der Waals surface area contributed by atoms with E-state index in [1.807, 2.05) is 4.90 Å². The van der Waals surface area contributed by atoms with Gasteiger partial charge in [-0.1, -0.05) is 29.3 Å². The van der Waals surface area contributed by atoms with Crippen molar-refractivity contribution in [2.24, 2.45) is 0 Å². The van der Waals surface area contributed by atoms with Crippen molar-refractivity contribution in [2.45, 2.75) is 39.3 Å². The summed E-state index contributed by atoms with van der Waals surface area (Å²) in [5, 5.41) is 2.90. The molecule has 0 aromatic heterocycles. The summed E-state index contributed by atoms with van der Waals surface area (Å²) in [4.78, 5) is 16.3. The van der Waals surface area contributed by atoms with Crippen molar-refractivity contribution in [3.05, 3.63) is 34.9 Å². The number of aryl methyl sites for hydroxylation is 2. The Kier molecular flexibility index (Phi) is 4.15. The second kappa shape index (κ2) is 6.06. The van der Waals surface area contributed by atoms with Crippen LogP contribution in [0.15, 0.2) is 18.2 Å². The van der Waals surface area contributed by atoms with Gasteiger partial charge >= 0.3 is 6.03 Å². The number of amides is 2. The molecule has 2 heterocycles. The normalized spacial score (nSPS) is 20.9. The summed E-state index contributed by atoms with van der Waals surface area (Å²) in [7, 11) is 0. The fourth-order valence-electron chi connectivity index (χ4n) is 3.64.